The molecule has 19 heavy (non-hydrogen) atoms. The molecule has 0 aliphatic rings. The second-order valence-corrected chi connectivity index (χ2v) is 4.18. The van der Waals surface area contributed by atoms with Crippen molar-refractivity contribution in [1.29, 1.82) is 0 Å². The normalized spacial score (nSPS) is 10.8. The molecule has 0 radical (unpaired) electrons. The molecule has 0 unspecified atom stereocenters. The Morgan fingerprint density at radius 1 is 1.26 bits per heavy atom. The summed E-state index contributed by atoms with van der Waals surface area (Å²) in [6.07, 6.45) is 1.57. The predicted octanol–water partition coefficient (Wildman–Crippen LogP) is 2.90. The van der Waals surface area contributed by atoms with Gasteiger partial charge in [0.25, 0.3) is 0 Å². The second kappa shape index (κ2) is 4.20. The third-order valence-corrected chi connectivity index (χ3v) is 2.97. The molecule has 0 spiro atoms. The predicted molar refractivity (Wildman–Crippen MR) is 68.9 cm³/mol. The summed E-state index contributed by atoms with van der Waals surface area (Å²) in [4.78, 5) is 11.1. The van der Waals surface area contributed by atoms with Gasteiger partial charge in [0.1, 0.15) is 11.8 Å². The number of carbonyl (C=O) groups is 1. The molecule has 0 atom stereocenters. The summed E-state index contributed by atoms with van der Waals surface area (Å²) < 4.78 is 5.42. The van der Waals surface area contributed by atoms with Crippen LogP contribution in [0.2, 0.25) is 0 Å². The summed E-state index contributed by atoms with van der Waals surface area (Å²) in [6.45, 7) is 1.62. The van der Waals surface area contributed by atoms with Crippen molar-refractivity contribution in [3.63, 3.8) is 0 Å². The first-order valence-electron chi connectivity index (χ1n) is 5.71. The van der Waals surface area contributed by atoms with Crippen LogP contribution >= 0.6 is 0 Å². The van der Waals surface area contributed by atoms with Gasteiger partial charge in [0.15, 0.2) is 0 Å². The van der Waals surface area contributed by atoms with Crippen LogP contribution in [0.25, 0.3) is 22.2 Å². The van der Waals surface area contributed by atoms with Gasteiger partial charge in [-0.1, -0.05) is 18.2 Å². The maximum absolute atomic E-state index is 11.1. The highest BCUT2D eigenvalue weighted by Gasteiger charge is 2.14. The third-order valence-electron chi connectivity index (χ3n) is 2.97. The lowest BCUT2D eigenvalue weighted by Crippen LogP contribution is -2.04. The Morgan fingerprint density at radius 3 is 2.84 bits per heavy atom. The zero-order valence-corrected chi connectivity index (χ0v) is 10.1. The second-order valence-electron chi connectivity index (χ2n) is 4.18. The molecule has 0 saturated heterocycles. The number of nitrogens with zero attached hydrogens (tertiary/aromatic N) is 2. The van der Waals surface area contributed by atoms with Gasteiger partial charge in [-0.3, -0.25) is 0 Å². The Bertz CT molecular complexity index is 777. The minimum absolute atomic E-state index is 0.148. The number of aromatic carboxylic acids is 1. The Labute approximate surface area is 108 Å². The minimum Gasteiger partial charge on any atom is -0.478 e. The largest absolute Gasteiger partial charge is 0.478 e. The van der Waals surface area contributed by atoms with Gasteiger partial charge in [0, 0.05) is 10.9 Å². The number of hydrogen-bond acceptors (Lipinski definition) is 4. The van der Waals surface area contributed by atoms with Crippen molar-refractivity contribution >= 4 is 16.9 Å². The molecule has 1 N–H and O–H groups in total. The van der Waals surface area contributed by atoms with Gasteiger partial charge in [-0.05, 0) is 19.1 Å². The van der Waals surface area contributed by atoms with Crippen LogP contribution in [0.3, 0.4) is 0 Å². The van der Waals surface area contributed by atoms with E-state index in [2.05, 4.69) is 10.2 Å². The van der Waals surface area contributed by atoms with Gasteiger partial charge in [-0.2, -0.15) is 10.2 Å². The highest BCUT2D eigenvalue weighted by molar-refractivity contribution is 5.95. The van der Waals surface area contributed by atoms with E-state index in [4.69, 9.17) is 9.52 Å². The van der Waals surface area contributed by atoms with Crippen LogP contribution < -0.4 is 0 Å². The molecule has 5 nitrogen and oxygen atoms in total. The molecule has 94 valence electrons. The van der Waals surface area contributed by atoms with E-state index in [1.807, 2.05) is 24.3 Å². The average molecular weight is 254 g/mol. The van der Waals surface area contributed by atoms with Crippen molar-refractivity contribution in [2.24, 2.45) is 0 Å². The molecular weight excluding hydrogens is 244 g/mol. The summed E-state index contributed by atoms with van der Waals surface area (Å²) >= 11 is 0. The van der Waals surface area contributed by atoms with Gasteiger partial charge < -0.3 is 9.52 Å². The van der Waals surface area contributed by atoms with E-state index in [0.29, 0.717) is 11.4 Å². The Hall–Kier alpha value is -2.69. The molecule has 1 aromatic carbocycles. The van der Waals surface area contributed by atoms with Gasteiger partial charge in [-0.25, -0.2) is 4.79 Å². The number of benzene rings is 1. The lowest BCUT2D eigenvalue weighted by atomic mass is 10.1. The summed E-state index contributed by atoms with van der Waals surface area (Å²) in [6, 6.07) is 9.02. The van der Waals surface area contributed by atoms with Crippen molar-refractivity contribution in [3.8, 4) is 11.3 Å². The van der Waals surface area contributed by atoms with Crippen LogP contribution in [0.1, 0.15) is 16.1 Å². The molecule has 0 fully saturated rings. The molecule has 3 aromatic rings. The van der Waals surface area contributed by atoms with E-state index in [-0.39, 0.29) is 5.56 Å². The molecule has 2 aromatic heterocycles. The van der Waals surface area contributed by atoms with E-state index in [9.17, 15) is 4.79 Å². The zero-order chi connectivity index (χ0) is 13.4. The smallest absolute Gasteiger partial charge is 0.337 e. The number of carboxylic acid groups (broad SMARTS) is 1. The first-order chi connectivity index (χ1) is 9.16. The van der Waals surface area contributed by atoms with E-state index < -0.39 is 5.97 Å². The zero-order valence-electron chi connectivity index (χ0n) is 10.1. The monoisotopic (exact) mass is 254 g/mol. The molecule has 0 saturated carbocycles. The Morgan fingerprint density at radius 2 is 2.05 bits per heavy atom. The third kappa shape index (κ3) is 1.85. The topological polar surface area (TPSA) is 76.2 Å². The van der Waals surface area contributed by atoms with Crippen molar-refractivity contribution in [2.75, 3.05) is 0 Å². The lowest BCUT2D eigenvalue weighted by Gasteiger charge is -2.01. The molecule has 2 heterocycles. The van der Waals surface area contributed by atoms with Gasteiger partial charge in [0.2, 0.25) is 0 Å². The van der Waals surface area contributed by atoms with Crippen molar-refractivity contribution in [2.45, 2.75) is 6.92 Å². The number of para-hydroxylation sites is 1. The summed E-state index contributed by atoms with van der Waals surface area (Å²) in [5.41, 5.74) is 2.51. The van der Waals surface area contributed by atoms with E-state index in [1.165, 1.54) is 6.07 Å². The lowest BCUT2D eigenvalue weighted by molar-refractivity contribution is 0.0695. The van der Waals surface area contributed by atoms with Crippen LogP contribution in [-0.4, -0.2) is 21.3 Å². The van der Waals surface area contributed by atoms with E-state index in [0.717, 1.165) is 16.5 Å². The molecule has 3 rings (SSSR count). The van der Waals surface area contributed by atoms with Crippen LogP contribution in [0, 0.1) is 6.92 Å². The first kappa shape index (κ1) is 11.4. The minimum atomic E-state index is -1.01. The van der Waals surface area contributed by atoms with Crippen molar-refractivity contribution < 1.29 is 14.3 Å². The molecule has 0 amide bonds. The van der Waals surface area contributed by atoms with Crippen LogP contribution in [-0.2, 0) is 0 Å². The molecule has 0 bridgehead atoms. The number of furan rings is 1. The number of fused-ring (bicyclic) bond motifs is 1. The maximum Gasteiger partial charge on any atom is 0.337 e. The fourth-order valence-electron chi connectivity index (χ4n) is 1.98. The fourth-order valence-corrected chi connectivity index (χ4v) is 1.98. The standard InChI is InChI=1S/C14H10N2O3/c1-8-10(14(17)18)6-12(16-15-8)11-7-19-13-5-3-2-4-9(11)13/h2-7H,1H3,(H,17,18). The first-order valence-corrected chi connectivity index (χ1v) is 5.71. The van der Waals surface area contributed by atoms with Crippen LogP contribution in [0.5, 0.6) is 0 Å². The molecule has 0 aliphatic heterocycles. The maximum atomic E-state index is 11.1. The van der Waals surface area contributed by atoms with Crippen molar-refractivity contribution in [1.82, 2.24) is 10.2 Å². The molecule has 0 aliphatic carbocycles. The fraction of sp³-hybridized carbons (Fsp3) is 0.0714. The number of hydrogen-bond donors (Lipinski definition) is 1. The quantitative estimate of drug-likeness (QED) is 0.760. The van der Waals surface area contributed by atoms with Gasteiger partial charge in [-0.15, -0.1) is 0 Å². The highest BCUT2D eigenvalue weighted by atomic mass is 16.4. The van der Waals surface area contributed by atoms with E-state index in [1.54, 1.807) is 13.2 Å². The van der Waals surface area contributed by atoms with Gasteiger partial charge >= 0.3 is 5.97 Å². The van der Waals surface area contributed by atoms with Crippen LogP contribution in [0.4, 0.5) is 0 Å². The SMILES string of the molecule is Cc1nnc(-c2coc3ccccc23)cc1C(=O)O. The Kier molecular flexibility index (Phi) is 2.52. The van der Waals surface area contributed by atoms with Crippen LogP contribution in [0.15, 0.2) is 41.0 Å². The summed E-state index contributed by atoms with van der Waals surface area (Å²) in [5.74, 6) is -1.01. The molecular formula is C14H10N2O3. The van der Waals surface area contributed by atoms with Gasteiger partial charge in [0.05, 0.1) is 17.0 Å². The molecule has 5 heteroatoms. The number of carboxylic acids is 1. The Balaban J connectivity index is 2.22. The number of aromatic nitrogens is 2. The van der Waals surface area contributed by atoms with E-state index >= 15 is 0 Å². The summed E-state index contributed by atoms with van der Waals surface area (Å²) in [7, 11) is 0. The average Bonchev–Trinajstić information content (AvgIpc) is 2.83. The van der Waals surface area contributed by atoms with Crippen molar-refractivity contribution in [3.05, 3.63) is 47.9 Å². The highest BCUT2D eigenvalue weighted by Crippen LogP contribution is 2.29. The number of rotatable bonds is 2. The summed E-state index contributed by atoms with van der Waals surface area (Å²) in [5, 5.41) is 17.9. The number of aryl methyl sites for hydroxylation is 1.